The van der Waals surface area contributed by atoms with Crippen molar-refractivity contribution in [2.45, 2.75) is 30.6 Å². The monoisotopic (exact) mass is 538 g/mol. The fraction of sp³-hybridized carbons (Fsp3) is 0.192. The highest BCUT2D eigenvalue weighted by Gasteiger charge is 2.29. The van der Waals surface area contributed by atoms with Crippen LogP contribution in [-0.2, 0) is 23.8 Å². The molecule has 1 aliphatic rings. The first-order valence-electron chi connectivity index (χ1n) is 11.3. The van der Waals surface area contributed by atoms with Crippen LogP contribution in [0.4, 0.5) is 8.78 Å². The van der Waals surface area contributed by atoms with E-state index in [1.165, 1.54) is 29.6 Å². The van der Waals surface area contributed by atoms with E-state index < -0.39 is 28.6 Å². The summed E-state index contributed by atoms with van der Waals surface area (Å²) in [5.41, 5.74) is 3.21. The van der Waals surface area contributed by atoms with Gasteiger partial charge in [0.25, 0.3) is 0 Å². The van der Waals surface area contributed by atoms with Crippen LogP contribution in [0.25, 0.3) is 16.4 Å². The lowest BCUT2D eigenvalue weighted by atomic mass is 9.96. The van der Waals surface area contributed by atoms with E-state index in [4.69, 9.17) is 16.7 Å². The number of hydrogen-bond acceptors (Lipinski definition) is 5. The Morgan fingerprint density at radius 1 is 1.24 bits per heavy atom. The maximum atomic E-state index is 14.6. The third-order valence-electron chi connectivity index (χ3n) is 6.15. The van der Waals surface area contributed by atoms with Crippen molar-refractivity contribution in [3.63, 3.8) is 0 Å². The third kappa shape index (κ3) is 5.09. The largest absolute Gasteiger partial charge is 0.476 e. The number of halogens is 2. The van der Waals surface area contributed by atoms with Crippen molar-refractivity contribution in [2.24, 2.45) is 11.1 Å². The summed E-state index contributed by atoms with van der Waals surface area (Å²) in [5, 5.41) is 21.3. The average molecular weight is 539 g/mol. The van der Waals surface area contributed by atoms with Crippen molar-refractivity contribution in [2.75, 3.05) is 0 Å². The first kappa shape index (κ1) is 25.0. The molecule has 1 unspecified atom stereocenters. The smallest absolute Gasteiger partial charge is 0.355 e. The molecule has 0 amide bonds. The summed E-state index contributed by atoms with van der Waals surface area (Å²) in [6, 6.07) is 8.68. The highest BCUT2D eigenvalue weighted by molar-refractivity contribution is 7.82. The average Bonchev–Trinajstić information content (AvgIpc) is 3.42. The van der Waals surface area contributed by atoms with Gasteiger partial charge in [-0.2, -0.15) is 5.10 Å². The van der Waals surface area contributed by atoms with Gasteiger partial charge in [0.2, 0.25) is 5.13 Å². The van der Waals surface area contributed by atoms with Crippen LogP contribution in [0.2, 0.25) is 0 Å². The van der Waals surface area contributed by atoms with Crippen molar-refractivity contribution in [3.8, 4) is 28.7 Å². The molecule has 0 bridgehead atoms. The molecule has 1 fully saturated rings. The maximum absolute atomic E-state index is 14.6. The van der Waals surface area contributed by atoms with Gasteiger partial charge in [-0.15, -0.1) is 17.8 Å². The fourth-order valence-corrected chi connectivity index (χ4v) is 5.36. The number of thiazole rings is 1. The zero-order valence-electron chi connectivity index (χ0n) is 19.3. The molecule has 7 nitrogen and oxygen atoms in total. The summed E-state index contributed by atoms with van der Waals surface area (Å²) < 4.78 is 42.0. The minimum absolute atomic E-state index is 0.0741. The molecule has 1 saturated carbocycles. The predicted molar refractivity (Wildman–Crippen MR) is 136 cm³/mol. The Bertz CT molecular complexity index is 1600. The van der Waals surface area contributed by atoms with Gasteiger partial charge in [-0.3, -0.25) is 0 Å². The van der Waals surface area contributed by atoms with Gasteiger partial charge in [0.05, 0.1) is 21.8 Å². The number of terminal acetylenes is 1. The van der Waals surface area contributed by atoms with Gasteiger partial charge in [0.1, 0.15) is 22.6 Å². The van der Waals surface area contributed by atoms with E-state index in [0.717, 1.165) is 35.4 Å². The number of benzene rings is 2. The van der Waals surface area contributed by atoms with E-state index in [9.17, 15) is 22.9 Å². The number of aromatic nitrogens is 3. The first-order chi connectivity index (χ1) is 17.7. The van der Waals surface area contributed by atoms with Crippen LogP contribution in [0.3, 0.4) is 0 Å². The molecular formula is C26H20F2N4O3S2. The normalized spacial score (nSPS) is 13.9. The summed E-state index contributed by atoms with van der Waals surface area (Å²) in [6.45, 7) is 0. The van der Waals surface area contributed by atoms with Crippen LogP contribution >= 0.6 is 11.3 Å². The quantitative estimate of drug-likeness (QED) is 0.322. The van der Waals surface area contributed by atoms with Gasteiger partial charge in [0.15, 0.2) is 5.69 Å². The van der Waals surface area contributed by atoms with Crippen LogP contribution in [0.15, 0.2) is 46.7 Å². The van der Waals surface area contributed by atoms with E-state index >= 15 is 0 Å². The SMILES string of the molecule is C#Cc1cc(-c2nn(-c3nc(C(=O)O)cs3)c(CC3CC3)c2Cc2ccc(S(N)=O)c(F)c2)ccc1F. The van der Waals surface area contributed by atoms with Crippen LogP contribution in [-0.4, -0.2) is 30.0 Å². The minimum Gasteiger partial charge on any atom is -0.476 e. The molecule has 0 spiro atoms. The topological polar surface area (TPSA) is 111 Å². The molecule has 0 radical (unpaired) electrons. The molecule has 0 saturated heterocycles. The van der Waals surface area contributed by atoms with Crippen molar-refractivity contribution < 1.29 is 22.9 Å². The Balaban J connectivity index is 1.70. The van der Waals surface area contributed by atoms with Gasteiger partial charge in [-0.25, -0.2) is 32.6 Å². The summed E-state index contributed by atoms with van der Waals surface area (Å²) in [7, 11) is -1.96. The van der Waals surface area contributed by atoms with Crippen LogP contribution in [0.5, 0.6) is 0 Å². The van der Waals surface area contributed by atoms with Crippen molar-refractivity contribution in [1.29, 1.82) is 0 Å². The summed E-state index contributed by atoms with van der Waals surface area (Å²) in [5.74, 6) is 0.391. The Morgan fingerprint density at radius 2 is 2.03 bits per heavy atom. The van der Waals surface area contributed by atoms with Gasteiger partial charge < -0.3 is 5.11 Å². The van der Waals surface area contributed by atoms with Crippen LogP contribution in [0, 0.1) is 29.9 Å². The zero-order chi connectivity index (χ0) is 26.3. The first-order valence-corrected chi connectivity index (χ1v) is 13.4. The van der Waals surface area contributed by atoms with Crippen molar-refractivity contribution in [3.05, 3.63) is 81.5 Å². The molecular weight excluding hydrogens is 518 g/mol. The molecule has 11 heteroatoms. The summed E-state index contributed by atoms with van der Waals surface area (Å²) >= 11 is 1.14. The number of carboxylic acid groups (broad SMARTS) is 1. The second-order valence-corrected chi connectivity index (χ2v) is 10.6. The lowest BCUT2D eigenvalue weighted by Crippen LogP contribution is -2.07. The van der Waals surface area contributed by atoms with Crippen LogP contribution < -0.4 is 5.14 Å². The second kappa shape index (κ2) is 9.97. The standard InChI is InChI=1S/C26H20F2N4O3S2/c1-2-16-12-17(6-7-19(16)27)24-18(9-15-5-8-23(37(29)35)20(28)10-15)22(11-14-3-4-14)32(31-24)26-30-21(13-36-26)25(33)34/h1,5-8,10,12-14H,3-4,9,11,29H2,(H,33,34). The Labute approximate surface area is 217 Å². The fourth-order valence-electron chi connectivity index (χ4n) is 4.13. The molecule has 2 aromatic carbocycles. The molecule has 188 valence electrons. The Kier molecular flexibility index (Phi) is 6.72. The zero-order valence-corrected chi connectivity index (χ0v) is 20.9. The number of rotatable bonds is 8. The van der Waals surface area contributed by atoms with Gasteiger partial charge in [-0.05, 0) is 61.1 Å². The number of nitrogens with zero attached hydrogens (tertiary/aromatic N) is 3. The number of carbonyl (C=O) groups is 1. The number of hydrogen-bond donors (Lipinski definition) is 2. The predicted octanol–water partition coefficient (Wildman–Crippen LogP) is 4.48. The summed E-state index contributed by atoms with van der Waals surface area (Å²) in [6.07, 6.45) is 8.49. The molecule has 3 N–H and O–H groups in total. The van der Waals surface area contributed by atoms with Gasteiger partial charge >= 0.3 is 5.97 Å². The number of carboxylic acids is 1. The lowest BCUT2D eigenvalue weighted by Gasteiger charge is -2.10. The van der Waals surface area contributed by atoms with E-state index in [1.807, 2.05) is 0 Å². The Hall–Kier alpha value is -3.72. The van der Waals surface area contributed by atoms with Crippen molar-refractivity contribution in [1.82, 2.24) is 14.8 Å². The van der Waals surface area contributed by atoms with E-state index in [0.29, 0.717) is 34.3 Å². The molecule has 37 heavy (non-hydrogen) atoms. The van der Waals surface area contributed by atoms with Gasteiger partial charge in [-0.1, -0.05) is 12.0 Å². The molecule has 1 aliphatic carbocycles. The number of aromatic carboxylic acids is 1. The molecule has 2 heterocycles. The molecule has 2 aromatic heterocycles. The second-order valence-electron chi connectivity index (χ2n) is 8.73. The molecule has 1 atom stereocenters. The third-order valence-corrected chi connectivity index (χ3v) is 7.73. The molecule has 0 aliphatic heterocycles. The van der Waals surface area contributed by atoms with E-state index in [2.05, 4.69) is 10.9 Å². The Morgan fingerprint density at radius 3 is 2.65 bits per heavy atom. The highest BCUT2D eigenvalue weighted by atomic mass is 32.2. The van der Waals surface area contributed by atoms with Crippen LogP contribution in [0.1, 0.15) is 45.7 Å². The summed E-state index contributed by atoms with van der Waals surface area (Å²) in [4.78, 5) is 15.6. The van der Waals surface area contributed by atoms with E-state index in [1.54, 1.807) is 16.8 Å². The maximum Gasteiger partial charge on any atom is 0.355 e. The lowest BCUT2D eigenvalue weighted by molar-refractivity contribution is 0.0691. The van der Waals surface area contributed by atoms with Gasteiger partial charge in [0, 0.05) is 22.9 Å². The van der Waals surface area contributed by atoms with E-state index in [-0.39, 0.29) is 22.6 Å². The molecule has 5 rings (SSSR count). The number of nitrogens with two attached hydrogens (primary N) is 1. The minimum atomic E-state index is -1.96. The van der Waals surface area contributed by atoms with Crippen molar-refractivity contribution >= 4 is 28.3 Å². The molecule has 4 aromatic rings. The highest BCUT2D eigenvalue weighted by Crippen LogP contribution is 2.38.